The number of furan rings is 1. The van der Waals surface area contributed by atoms with Crippen LogP contribution >= 0.6 is 0 Å². The number of hydrogen-bond acceptors (Lipinski definition) is 5. The molecule has 24 heavy (non-hydrogen) atoms. The molecule has 0 aliphatic carbocycles. The van der Waals surface area contributed by atoms with Crippen molar-refractivity contribution in [3.05, 3.63) is 54.3 Å². The van der Waals surface area contributed by atoms with E-state index in [4.69, 9.17) is 18.6 Å². The molecule has 1 heterocycles. The molecule has 3 aromatic rings. The Morgan fingerprint density at radius 3 is 2.46 bits per heavy atom. The average molecular weight is 326 g/mol. The molecule has 3 rings (SSSR count). The predicted octanol–water partition coefficient (Wildman–Crippen LogP) is 3.99. The van der Waals surface area contributed by atoms with Crippen molar-refractivity contribution in [3.63, 3.8) is 0 Å². The van der Waals surface area contributed by atoms with Gasteiger partial charge in [-0.2, -0.15) is 0 Å². The van der Waals surface area contributed by atoms with Crippen LogP contribution in [0, 0.1) is 0 Å². The Hall–Kier alpha value is -2.95. The second-order valence-corrected chi connectivity index (χ2v) is 5.18. The maximum Gasteiger partial charge on any atom is 0.315 e. The molecule has 0 N–H and O–H groups in total. The fraction of sp³-hybridized carbons (Fsp3) is 0.211. The van der Waals surface area contributed by atoms with E-state index in [0.717, 1.165) is 16.7 Å². The van der Waals surface area contributed by atoms with Crippen LogP contribution in [0.25, 0.3) is 11.0 Å². The summed E-state index contributed by atoms with van der Waals surface area (Å²) in [7, 11) is 1.60. The van der Waals surface area contributed by atoms with Gasteiger partial charge in [0.1, 0.15) is 22.8 Å². The molecular formula is C19H18O5. The van der Waals surface area contributed by atoms with Crippen molar-refractivity contribution >= 4 is 16.9 Å². The molecule has 0 saturated heterocycles. The zero-order chi connectivity index (χ0) is 16.9. The quantitative estimate of drug-likeness (QED) is 0.506. The Morgan fingerprint density at radius 2 is 1.75 bits per heavy atom. The first-order chi connectivity index (χ1) is 11.7. The molecule has 5 heteroatoms. The number of carbonyl (C=O) groups is 1. The first-order valence-electron chi connectivity index (χ1n) is 7.67. The molecule has 0 spiro atoms. The highest BCUT2D eigenvalue weighted by atomic mass is 16.5. The highest BCUT2D eigenvalue weighted by Crippen LogP contribution is 2.26. The van der Waals surface area contributed by atoms with Crippen LogP contribution in [0.1, 0.15) is 12.5 Å². The lowest BCUT2D eigenvalue weighted by Crippen LogP contribution is -2.10. The van der Waals surface area contributed by atoms with Crippen molar-refractivity contribution in [3.8, 4) is 17.2 Å². The Kier molecular flexibility index (Phi) is 4.70. The van der Waals surface area contributed by atoms with Gasteiger partial charge in [0.25, 0.3) is 0 Å². The highest BCUT2D eigenvalue weighted by molar-refractivity contribution is 5.87. The Balaban J connectivity index is 1.68. The minimum atomic E-state index is -0.349. The summed E-state index contributed by atoms with van der Waals surface area (Å²) in [5.41, 5.74) is 1.46. The summed E-state index contributed by atoms with van der Waals surface area (Å²) in [6, 6.07) is 12.5. The normalized spacial score (nSPS) is 10.6. The van der Waals surface area contributed by atoms with E-state index in [2.05, 4.69) is 0 Å². The number of benzene rings is 2. The van der Waals surface area contributed by atoms with Gasteiger partial charge < -0.3 is 18.6 Å². The van der Waals surface area contributed by atoms with Gasteiger partial charge in [-0.1, -0.05) is 0 Å². The predicted molar refractivity (Wildman–Crippen MR) is 89.7 cm³/mol. The third-order valence-electron chi connectivity index (χ3n) is 3.56. The monoisotopic (exact) mass is 326 g/mol. The molecular weight excluding hydrogens is 308 g/mol. The molecule has 0 bridgehead atoms. The molecule has 0 saturated carbocycles. The second kappa shape index (κ2) is 7.08. The first-order valence-corrected chi connectivity index (χ1v) is 7.67. The van der Waals surface area contributed by atoms with Gasteiger partial charge in [-0.3, -0.25) is 4.79 Å². The molecule has 0 atom stereocenters. The number of ether oxygens (including phenoxy) is 3. The molecule has 0 amide bonds. The third-order valence-corrected chi connectivity index (χ3v) is 3.56. The van der Waals surface area contributed by atoms with Gasteiger partial charge in [0.2, 0.25) is 0 Å². The molecule has 0 radical (unpaired) electrons. The number of esters is 1. The summed E-state index contributed by atoms with van der Waals surface area (Å²) < 4.78 is 21.3. The van der Waals surface area contributed by atoms with Crippen LogP contribution in [0.15, 0.2) is 53.1 Å². The zero-order valence-electron chi connectivity index (χ0n) is 13.6. The summed E-state index contributed by atoms with van der Waals surface area (Å²) in [5.74, 6) is 1.59. The molecule has 0 aliphatic rings. The first kappa shape index (κ1) is 15.9. The van der Waals surface area contributed by atoms with Gasteiger partial charge in [0, 0.05) is 17.0 Å². The van der Waals surface area contributed by atoms with Crippen LogP contribution in [0.4, 0.5) is 0 Å². The molecule has 0 aliphatic heterocycles. The van der Waals surface area contributed by atoms with E-state index >= 15 is 0 Å². The topological polar surface area (TPSA) is 57.9 Å². The van der Waals surface area contributed by atoms with E-state index in [0.29, 0.717) is 23.7 Å². The number of rotatable bonds is 6. The minimum absolute atomic E-state index is 0.131. The standard InChI is InChI=1S/C19H18O5/c1-3-22-14-4-6-15(7-5-14)24-19(20)10-13-12-23-18-11-16(21-2)8-9-17(13)18/h4-9,11-12H,3,10H2,1-2H3. The van der Waals surface area contributed by atoms with Gasteiger partial charge in [-0.15, -0.1) is 0 Å². The maximum atomic E-state index is 12.1. The SMILES string of the molecule is CCOc1ccc(OC(=O)Cc2coc3cc(OC)ccc23)cc1. The largest absolute Gasteiger partial charge is 0.497 e. The number of carbonyl (C=O) groups excluding carboxylic acids is 1. The molecule has 1 aromatic heterocycles. The van der Waals surface area contributed by atoms with Crippen molar-refractivity contribution in [2.75, 3.05) is 13.7 Å². The summed E-state index contributed by atoms with van der Waals surface area (Å²) >= 11 is 0. The van der Waals surface area contributed by atoms with Crippen LogP contribution in [-0.2, 0) is 11.2 Å². The summed E-state index contributed by atoms with van der Waals surface area (Å²) in [4.78, 5) is 12.1. The summed E-state index contributed by atoms with van der Waals surface area (Å²) in [6.45, 7) is 2.51. The smallest absolute Gasteiger partial charge is 0.315 e. The van der Waals surface area contributed by atoms with Crippen LogP contribution in [0.2, 0.25) is 0 Å². The maximum absolute atomic E-state index is 12.1. The van der Waals surface area contributed by atoms with Gasteiger partial charge in [-0.05, 0) is 43.3 Å². The lowest BCUT2D eigenvalue weighted by atomic mass is 10.1. The van der Waals surface area contributed by atoms with Crippen LogP contribution in [0.3, 0.4) is 0 Å². The lowest BCUT2D eigenvalue weighted by Gasteiger charge is -2.06. The molecule has 2 aromatic carbocycles. The minimum Gasteiger partial charge on any atom is -0.497 e. The van der Waals surface area contributed by atoms with E-state index < -0.39 is 0 Å². The average Bonchev–Trinajstić information content (AvgIpc) is 2.99. The van der Waals surface area contributed by atoms with Crippen LogP contribution < -0.4 is 14.2 Å². The molecule has 5 nitrogen and oxygen atoms in total. The number of hydrogen-bond donors (Lipinski definition) is 0. The molecule has 0 unspecified atom stereocenters. The molecule has 124 valence electrons. The van der Waals surface area contributed by atoms with E-state index in [9.17, 15) is 4.79 Å². The van der Waals surface area contributed by atoms with E-state index in [-0.39, 0.29) is 12.4 Å². The Bertz CT molecular complexity index is 833. The second-order valence-electron chi connectivity index (χ2n) is 5.18. The van der Waals surface area contributed by atoms with E-state index in [1.807, 2.05) is 19.1 Å². The Morgan fingerprint density at radius 1 is 1.04 bits per heavy atom. The zero-order valence-corrected chi connectivity index (χ0v) is 13.6. The number of fused-ring (bicyclic) bond motifs is 1. The highest BCUT2D eigenvalue weighted by Gasteiger charge is 2.13. The van der Waals surface area contributed by atoms with E-state index in [1.165, 1.54) is 0 Å². The van der Waals surface area contributed by atoms with Gasteiger partial charge in [0.15, 0.2) is 0 Å². The van der Waals surface area contributed by atoms with Gasteiger partial charge >= 0.3 is 5.97 Å². The third kappa shape index (κ3) is 3.51. The van der Waals surface area contributed by atoms with Crippen molar-refractivity contribution in [2.24, 2.45) is 0 Å². The van der Waals surface area contributed by atoms with Gasteiger partial charge in [-0.25, -0.2) is 0 Å². The lowest BCUT2D eigenvalue weighted by molar-refractivity contribution is -0.133. The summed E-state index contributed by atoms with van der Waals surface area (Å²) in [5, 5.41) is 0.874. The fourth-order valence-electron chi connectivity index (χ4n) is 2.42. The van der Waals surface area contributed by atoms with E-state index in [1.54, 1.807) is 43.7 Å². The number of methoxy groups -OCH3 is 1. The van der Waals surface area contributed by atoms with Crippen molar-refractivity contribution < 1.29 is 23.4 Å². The van der Waals surface area contributed by atoms with Crippen LogP contribution in [-0.4, -0.2) is 19.7 Å². The van der Waals surface area contributed by atoms with Crippen molar-refractivity contribution in [1.82, 2.24) is 0 Å². The van der Waals surface area contributed by atoms with Crippen LogP contribution in [0.5, 0.6) is 17.2 Å². The fourth-order valence-corrected chi connectivity index (χ4v) is 2.42. The van der Waals surface area contributed by atoms with Gasteiger partial charge in [0.05, 0.1) is 26.4 Å². The van der Waals surface area contributed by atoms with Crippen molar-refractivity contribution in [2.45, 2.75) is 13.3 Å². The van der Waals surface area contributed by atoms with Crippen molar-refractivity contribution in [1.29, 1.82) is 0 Å². The Labute approximate surface area is 139 Å². The molecule has 0 fully saturated rings. The summed E-state index contributed by atoms with van der Waals surface area (Å²) in [6.07, 6.45) is 1.70.